The topological polar surface area (TPSA) is 75.8 Å². The molecule has 3 N–H and O–H groups in total. The number of carbonyl (C=O) groups excluding carboxylic acids is 1. The molecule has 1 spiro atoms. The van der Waals surface area contributed by atoms with Gasteiger partial charge in [-0.3, -0.25) is 9.69 Å². The average Bonchev–Trinajstić information content (AvgIpc) is 2.25. The number of ether oxygens (including phenoxy) is 1. The van der Waals surface area contributed by atoms with E-state index in [9.17, 15) is 9.90 Å². The van der Waals surface area contributed by atoms with E-state index in [0.717, 1.165) is 45.4 Å². The van der Waals surface area contributed by atoms with Crippen LogP contribution in [0.2, 0.25) is 0 Å². The predicted molar refractivity (Wildman–Crippen MR) is 58.8 cm³/mol. The molecule has 1 amide bonds. The molecule has 5 heteroatoms. The van der Waals surface area contributed by atoms with Crippen molar-refractivity contribution in [3.05, 3.63) is 0 Å². The second-order valence-corrected chi connectivity index (χ2v) is 4.81. The van der Waals surface area contributed by atoms with Crippen LogP contribution in [0.25, 0.3) is 0 Å². The van der Waals surface area contributed by atoms with Gasteiger partial charge in [0.15, 0.2) is 0 Å². The molecule has 92 valence electrons. The SMILES string of the molecule is NC(=O)CN1CCC2(CC1)OCCC[C@H]2O. The molecule has 0 saturated carbocycles. The Labute approximate surface area is 95.5 Å². The van der Waals surface area contributed by atoms with Gasteiger partial charge in [-0.25, -0.2) is 0 Å². The van der Waals surface area contributed by atoms with E-state index in [1.807, 2.05) is 4.90 Å². The molecule has 5 nitrogen and oxygen atoms in total. The van der Waals surface area contributed by atoms with E-state index < -0.39 is 0 Å². The molecule has 1 atom stereocenters. The monoisotopic (exact) mass is 228 g/mol. The number of piperidine rings is 1. The van der Waals surface area contributed by atoms with Gasteiger partial charge in [0, 0.05) is 19.7 Å². The van der Waals surface area contributed by atoms with Crippen molar-refractivity contribution in [1.29, 1.82) is 0 Å². The van der Waals surface area contributed by atoms with Crippen LogP contribution in [0.1, 0.15) is 25.7 Å². The van der Waals surface area contributed by atoms with E-state index in [2.05, 4.69) is 0 Å². The Morgan fingerprint density at radius 3 is 2.75 bits per heavy atom. The molecule has 2 rings (SSSR count). The van der Waals surface area contributed by atoms with Gasteiger partial charge in [0.1, 0.15) is 0 Å². The summed E-state index contributed by atoms with van der Waals surface area (Å²) < 4.78 is 5.78. The summed E-state index contributed by atoms with van der Waals surface area (Å²) >= 11 is 0. The molecule has 0 bridgehead atoms. The van der Waals surface area contributed by atoms with Crippen molar-refractivity contribution in [2.45, 2.75) is 37.4 Å². The van der Waals surface area contributed by atoms with Crippen LogP contribution in [-0.4, -0.2) is 53.9 Å². The Balaban J connectivity index is 1.90. The Kier molecular flexibility index (Phi) is 3.47. The second kappa shape index (κ2) is 4.69. The highest BCUT2D eigenvalue weighted by Crippen LogP contribution is 2.34. The highest BCUT2D eigenvalue weighted by molar-refractivity contribution is 5.75. The van der Waals surface area contributed by atoms with Crippen molar-refractivity contribution in [1.82, 2.24) is 4.90 Å². The first-order valence-corrected chi connectivity index (χ1v) is 5.95. The number of hydrogen-bond donors (Lipinski definition) is 2. The van der Waals surface area contributed by atoms with Crippen LogP contribution < -0.4 is 5.73 Å². The number of aliphatic hydroxyl groups is 1. The molecule has 0 aromatic carbocycles. The number of aliphatic hydroxyl groups excluding tert-OH is 1. The fraction of sp³-hybridized carbons (Fsp3) is 0.909. The Hall–Kier alpha value is -0.650. The van der Waals surface area contributed by atoms with Crippen LogP contribution in [-0.2, 0) is 9.53 Å². The molecule has 16 heavy (non-hydrogen) atoms. The molecular weight excluding hydrogens is 208 g/mol. The van der Waals surface area contributed by atoms with E-state index in [0.29, 0.717) is 6.54 Å². The van der Waals surface area contributed by atoms with E-state index in [-0.39, 0.29) is 17.6 Å². The maximum absolute atomic E-state index is 10.8. The summed E-state index contributed by atoms with van der Waals surface area (Å²) in [6, 6.07) is 0. The first kappa shape index (κ1) is 11.8. The molecule has 0 aromatic rings. The number of hydrogen-bond acceptors (Lipinski definition) is 4. The van der Waals surface area contributed by atoms with Crippen molar-refractivity contribution >= 4 is 5.91 Å². The van der Waals surface area contributed by atoms with E-state index >= 15 is 0 Å². The lowest BCUT2D eigenvalue weighted by atomic mass is 9.82. The lowest BCUT2D eigenvalue weighted by Crippen LogP contribution is -2.56. The van der Waals surface area contributed by atoms with Gasteiger partial charge in [0.05, 0.1) is 18.2 Å². The molecule has 0 aromatic heterocycles. The maximum atomic E-state index is 10.8. The van der Waals surface area contributed by atoms with Gasteiger partial charge in [-0.1, -0.05) is 0 Å². The maximum Gasteiger partial charge on any atom is 0.231 e. The van der Waals surface area contributed by atoms with Crippen molar-refractivity contribution in [3.63, 3.8) is 0 Å². The zero-order valence-corrected chi connectivity index (χ0v) is 9.52. The lowest BCUT2D eigenvalue weighted by molar-refractivity contribution is -0.177. The molecule has 0 radical (unpaired) electrons. The van der Waals surface area contributed by atoms with Crippen LogP contribution >= 0.6 is 0 Å². The highest BCUT2D eigenvalue weighted by Gasteiger charge is 2.43. The number of nitrogens with two attached hydrogens (primary N) is 1. The molecule has 2 saturated heterocycles. The van der Waals surface area contributed by atoms with Gasteiger partial charge in [0.2, 0.25) is 5.91 Å². The zero-order valence-electron chi connectivity index (χ0n) is 9.52. The minimum atomic E-state index is -0.355. The number of amides is 1. The quantitative estimate of drug-likeness (QED) is 0.666. The van der Waals surface area contributed by atoms with Crippen LogP contribution in [0.5, 0.6) is 0 Å². The summed E-state index contributed by atoms with van der Waals surface area (Å²) in [5.41, 5.74) is 4.80. The zero-order chi connectivity index (χ0) is 11.6. The van der Waals surface area contributed by atoms with E-state index in [1.165, 1.54) is 0 Å². The van der Waals surface area contributed by atoms with Gasteiger partial charge in [0.25, 0.3) is 0 Å². The van der Waals surface area contributed by atoms with Gasteiger partial charge in [-0.05, 0) is 25.7 Å². The number of rotatable bonds is 2. The lowest BCUT2D eigenvalue weighted by Gasteiger charge is -2.46. The molecule has 2 fully saturated rings. The molecular formula is C11H20N2O3. The average molecular weight is 228 g/mol. The van der Waals surface area contributed by atoms with Crippen molar-refractivity contribution in [2.75, 3.05) is 26.2 Å². The highest BCUT2D eigenvalue weighted by atomic mass is 16.5. The molecule has 0 unspecified atom stereocenters. The molecule has 2 aliphatic rings. The first-order valence-electron chi connectivity index (χ1n) is 5.95. The molecule has 2 aliphatic heterocycles. The summed E-state index contributed by atoms with van der Waals surface area (Å²) in [6.45, 7) is 2.61. The largest absolute Gasteiger partial charge is 0.390 e. The van der Waals surface area contributed by atoms with Crippen molar-refractivity contribution in [2.24, 2.45) is 5.73 Å². The third-order valence-electron chi connectivity index (χ3n) is 3.70. The Morgan fingerprint density at radius 1 is 1.50 bits per heavy atom. The van der Waals surface area contributed by atoms with Crippen LogP contribution in [0.3, 0.4) is 0 Å². The smallest absolute Gasteiger partial charge is 0.231 e. The third-order valence-corrected chi connectivity index (χ3v) is 3.70. The summed E-state index contributed by atoms with van der Waals surface area (Å²) in [5, 5.41) is 10.0. The van der Waals surface area contributed by atoms with Crippen LogP contribution in [0, 0.1) is 0 Å². The number of primary amides is 1. The summed E-state index contributed by atoms with van der Waals surface area (Å²) in [7, 11) is 0. The van der Waals surface area contributed by atoms with Crippen LogP contribution in [0.15, 0.2) is 0 Å². The second-order valence-electron chi connectivity index (χ2n) is 4.81. The van der Waals surface area contributed by atoms with Gasteiger partial charge >= 0.3 is 0 Å². The molecule has 0 aliphatic carbocycles. The van der Waals surface area contributed by atoms with E-state index in [1.54, 1.807) is 0 Å². The standard InChI is InChI=1S/C11H20N2O3/c12-10(15)8-13-5-3-11(4-6-13)9(14)2-1-7-16-11/h9,14H,1-8H2,(H2,12,15)/t9-/m1/s1. The van der Waals surface area contributed by atoms with E-state index in [4.69, 9.17) is 10.5 Å². The minimum absolute atomic E-state index is 0.291. The van der Waals surface area contributed by atoms with Crippen molar-refractivity contribution in [3.8, 4) is 0 Å². The van der Waals surface area contributed by atoms with Crippen molar-refractivity contribution < 1.29 is 14.6 Å². The predicted octanol–water partition coefficient (Wildman–Crippen LogP) is -0.522. The Bertz CT molecular complexity index is 262. The van der Waals surface area contributed by atoms with Gasteiger partial charge < -0.3 is 15.6 Å². The van der Waals surface area contributed by atoms with Gasteiger partial charge in [-0.2, -0.15) is 0 Å². The summed E-state index contributed by atoms with van der Waals surface area (Å²) in [5.74, 6) is -0.291. The number of likely N-dealkylation sites (tertiary alicyclic amines) is 1. The Morgan fingerprint density at radius 2 is 2.19 bits per heavy atom. The summed E-state index contributed by atoms with van der Waals surface area (Å²) in [6.07, 6.45) is 3.00. The number of nitrogens with zero attached hydrogens (tertiary/aromatic N) is 1. The first-order chi connectivity index (χ1) is 7.62. The molecule has 2 heterocycles. The minimum Gasteiger partial charge on any atom is -0.390 e. The summed E-state index contributed by atoms with van der Waals surface area (Å²) in [4.78, 5) is 12.8. The number of carbonyl (C=O) groups is 1. The third kappa shape index (κ3) is 2.36. The fourth-order valence-electron chi connectivity index (χ4n) is 2.70. The van der Waals surface area contributed by atoms with Crippen LogP contribution in [0.4, 0.5) is 0 Å². The van der Waals surface area contributed by atoms with Gasteiger partial charge in [-0.15, -0.1) is 0 Å². The fourth-order valence-corrected chi connectivity index (χ4v) is 2.70. The normalized spacial score (nSPS) is 30.4.